The summed E-state index contributed by atoms with van der Waals surface area (Å²) in [5, 5.41) is 4.14. The molecule has 2 aromatic carbocycles. The van der Waals surface area contributed by atoms with Gasteiger partial charge in [0.2, 0.25) is 0 Å². The van der Waals surface area contributed by atoms with Gasteiger partial charge >= 0.3 is 0 Å². The molecule has 0 atom stereocenters. The molecule has 0 aliphatic heterocycles. The summed E-state index contributed by atoms with van der Waals surface area (Å²) in [6.07, 6.45) is 4.09. The largest absolute Gasteiger partial charge is 0.321 e. The maximum Gasteiger partial charge on any atom is 0.266 e. The highest BCUT2D eigenvalue weighted by atomic mass is 32.1. The third-order valence-corrected chi connectivity index (χ3v) is 5.56. The number of pyridine rings is 1. The van der Waals surface area contributed by atoms with Gasteiger partial charge in [0, 0.05) is 22.8 Å². The number of anilines is 1. The van der Waals surface area contributed by atoms with Crippen molar-refractivity contribution >= 4 is 33.0 Å². The molecule has 2 aromatic heterocycles. The molecule has 0 aliphatic carbocycles. The Kier molecular flexibility index (Phi) is 4.50. The summed E-state index contributed by atoms with van der Waals surface area (Å²) in [6, 6.07) is 20.3. The van der Waals surface area contributed by atoms with Crippen molar-refractivity contribution in [1.82, 2.24) is 4.98 Å². The first kappa shape index (κ1) is 16.5. The van der Waals surface area contributed by atoms with Crippen LogP contribution in [0.2, 0.25) is 0 Å². The zero-order valence-electron chi connectivity index (χ0n) is 14.4. The molecule has 4 heteroatoms. The molecular formula is C22H18N2OS. The monoisotopic (exact) mass is 358 g/mol. The van der Waals surface area contributed by atoms with Crippen LogP contribution in [0.3, 0.4) is 0 Å². The Morgan fingerprint density at radius 1 is 1.00 bits per heavy atom. The molecule has 0 bridgehead atoms. The van der Waals surface area contributed by atoms with Gasteiger partial charge in [-0.15, -0.1) is 11.3 Å². The predicted octanol–water partition coefficient (Wildman–Crippen LogP) is 5.45. The summed E-state index contributed by atoms with van der Waals surface area (Å²) in [5.74, 6) is -0.0699. The summed E-state index contributed by atoms with van der Waals surface area (Å²) in [6.45, 7) is 2.08. The minimum atomic E-state index is -0.0699. The molecule has 128 valence electrons. The van der Waals surface area contributed by atoms with Crippen molar-refractivity contribution in [3.05, 3.63) is 94.6 Å². The molecule has 0 spiro atoms. The van der Waals surface area contributed by atoms with Gasteiger partial charge in [-0.2, -0.15) is 0 Å². The first-order chi connectivity index (χ1) is 12.7. The summed E-state index contributed by atoms with van der Waals surface area (Å²) >= 11 is 1.55. The smallest absolute Gasteiger partial charge is 0.266 e. The fraction of sp³-hybridized carbons (Fsp3) is 0.0909. The Balaban J connectivity index is 1.73. The second kappa shape index (κ2) is 7.10. The number of aryl methyl sites for hydroxylation is 1. The van der Waals surface area contributed by atoms with E-state index in [1.807, 2.05) is 12.1 Å². The number of aromatic nitrogens is 1. The lowest BCUT2D eigenvalue weighted by Gasteiger charge is -2.07. The molecule has 26 heavy (non-hydrogen) atoms. The third kappa shape index (κ3) is 3.37. The van der Waals surface area contributed by atoms with Gasteiger partial charge in [0.05, 0.1) is 4.88 Å². The summed E-state index contributed by atoms with van der Waals surface area (Å²) < 4.78 is 1.13. The van der Waals surface area contributed by atoms with Crippen LogP contribution in [0.1, 0.15) is 26.4 Å². The van der Waals surface area contributed by atoms with Crippen molar-refractivity contribution in [3.63, 3.8) is 0 Å². The topological polar surface area (TPSA) is 42.0 Å². The van der Waals surface area contributed by atoms with Crippen LogP contribution in [0.4, 0.5) is 5.69 Å². The van der Waals surface area contributed by atoms with E-state index in [1.54, 1.807) is 35.9 Å². The zero-order valence-corrected chi connectivity index (χ0v) is 15.2. The number of rotatable bonds is 4. The maximum absolute atomic E-state index is 12.9. The lowest BCUT2D eigenvalue weighted by Crippen LogP contribution is -2.12. The minimum absolute atomic E-state index is 0.0699. The van der Waals surface area contributed by atoms with E-state index in [1.165, 1.54) is 11.1 Å². The average Bonchev–Trinajstić information content (AvgIpc) is 3.03. The van der Waals surface area contributed by atoms with Crippen LogP contribution in [0.25, 0.3) is 10.1 Å². The molecule has 1 amide bonds. The predicted molar refractivity (Wildman–Crippen MR) is 108 cm³/mol. The van der Waals surface area contributed by atoms with Gasteiger partial charge in [0.25, 0.3) is 5.91 Å². The molecule has 0 unspecified atom stereocenters. The Morgan fingerprint density at radius 3 is 2.50 bits per heavy atom. The first-order valence-corrected chi connectivity index (χ1v) is 9.30. The van der Waals surface area contributed by atoms with E-state index in [2.05, 4.69) is 53.6 Å². The summed E-state index contributed by atoms with van der Waals surface area (Å²) in [4.78, 5) is 17.7. The normalized spacial score (nSPS) is 10.8. The molecular weight excluding hydrogens is 340 g/mol. The molecule has 0 saturated heterocycles. The highest BCUT2D eigenvalue weighted by Gasteiger charge is 2.18. The molecule has 0 radical (unpaired) electrons. The Hall–Kier alpha value is -2.98. The van der Waals surface area contributed by atoms with Gasteiger partial charge in [-0.05, 0) is 48.1 Å². The number of carbonyl (C=O) groups excluding carboxylic acids is 1. The summed E-state index contributed by atoms with van der Waals surface area (Å²) in [5.41, 5.74) is 4.28. The van der Waals surface area contributed by atoms with Crippen LogP contribution in [-0.4, -0.2) is 10.9 Å². The summed E-state index contributed by atoms with van der Waals surface area (Å²) in [7, 11) is 0. The van der Waals surface area contributed by atoms with Crippen molar-refractivity contribution in [2.45, 2.75) is 13.3 Å². The van der Waals surface area contributed by atoms with E-state index in [-0.39, 0.29) is 5.91 Å². The lowest BCUT2D eigenvalue weighted by atomic mass is 10.0. The second-order valence-electron chi connectivity index (χ2n) is 6.26. The zero-order chi connectivity index (χ0) is 17.9. The quantitative estimate of drug-likeness (QED) is 0.527. The number of carbonyl (C=O) groups is 1. The SMILES string of the molecule is Cc1ccc(Cc2c(C(=O)Nc3ccncc3)sc3ccccc23)cc1. The highest BCUT2D eigenvalue weighted by Crippen LogP contribution is 2.33. The van der Waals surface area contributed by atoms with Crippen LogP contribution in [0, 0.1) is 6.92 Å². The van der Waals surface area contributed by atoms with Gasteiger partial charge in [0.15, 0.2) is 0 Å². The molecule has 0 fully saturated rings. The molecule has 1 N–H and O–H groups in total. The first-order valence-electron chi connectivity index (χ1n) is 8.48. The molecule has 3 nitrogen and oxygen atoms in total. The van der Waals surface area contributed by atoms with Gasteiger partial charge in [-0.3, -0.25) is 9.78 Å². The van der Waals surface area contributed by atoms with E-state index in [0.29, 0.717) is 0 Å². The van der Waals surface area contributed by atoms with E-state index >= 15 is 0 Å². The van der Waals surface area contributed by atoms with Crippen molar-refractivity contribution in [1.29, 1.82) is 0 Å². The van der Waals surface area contributed by atoms with Crippen LogP contribution < -0.4 is 5.32 Å². The second-order valence-corrected chi connectivity index (χ2v) is 7.31. The van der Waals surface area contributed by atoms with Crippen LogP contribution in [0.5, 0.6) is 0 Å². The van der Waals surface area contributed by atoms with Crippen LogP contribution >= 0.6 is 11.3 Å². The van der Waals surface area contributed by atoms with Gasteiger partial charge in [-0.25, -0.2) is 0 Å². The molecule has 0 aliphatic rings. The van der Waals surface area contributed by atoms with Gasteiger partial charge < -0.3 is 5.32 Å². The fourth-order valence-corrected chi connectivity index (χ4v) is 4.11. The maximum atomic E-state index is 12.9. The Bertz CT molecular complexity index is 1050. The van der Waals surface area contributed by atoms with E-state index in [4.69, 9.17) is 0 Å². The number of benzene rings is 2. The minimum Gasteiger partial charge on any atom is -0.321 e. The van der Waals surface area contributed by atoms with Crippen LogP contribution in [-0.2, 0) is 6.42 Å². The van der Waals surface area contributed by atoms with Crippen molar-refractivity contribution in [2.75, 3.05) is 5.32 Å². The lowest BCUT2D eigenvalue weighted by molar-refractivity contribution is 0.103. The highest BCUT2D eigenvalue weighted by molar-refractivity contribution is 7.21. The van der Waals surface area contributed by atoms with E-state index < -0.39 is 0 Å². The Labute approximate surface area is 156 Å². The molecule has 4 rings (SSSR count). The number of nitrogens with one attached hydrogen (secondary N) is 1. The fourth-order valence-electron chi connectivity index (χ4n) is 2.99. The number of thiophene rings is 1. The molecule has 0 saturated carbocycles. The Morgan fingerprint density at radius 2 is 1.73 bits per heavy atom. The van der Waals surface area contributed by atoms with Crippen molar-refractivity contribution in [2.24, 2.45) is 0 Å². The molecule has 4 aromatic rings. The van der Waals surface area contributed by atoms with Crippen molar-refractivity contribution < 1.29 is 4.79 Å². The number of hydrogen-bond donors (Lipinski definition) is 1. The van der Waals surface area contributed by atoms with Gasteiger partial charge in [-0.1, -0.05) is 48.0 Å². The standard InChI is InChI=1S/C22H18N2OS/c1-15-6-8-16(9-7-15)14-19-18-4-2-3-5-20(18)26-21(19)22(25)24-17-10-12-23-13-11-17/h2-13H,14H2,1H3,(H,23,24,25). The number of hydrogen-bond acceptors (Lipinski definition) is 3. The van der Waals surface area contributed by atoms with E-state index in [0.717, 1.165) is 32.6 Å². The third-order valence-electron chi connectivity index (χ3n) is 4.34. The number of amides is 1. The molecule has 2 heterocycles. The van der Waals surface area contributed by atoms with Crippen LogP contribution in [0.15, 0.2) is 73.1 Å². The number of nitrogens with zero attached hydrogens (tertiary/aromatic N) is 1. The van der Waals surface area contributed by atoms with Crippen molar-refractivity contribution in [3.8, 4) is 0 Å². The average molecular weight is 358 g/mol. The van der Waals surface area contributed by atoms with Gasteiger partial charge in [0.1, 0.15) is 0 Å². The van der Waals surface area contributed by atoms with E-state index in [9.17, 15) is 4.79 Å². The number of fused-ring (bicyclic) bond motifs is 1.